The number of hydrogen-bond donors (Lipinski definition) is 1. The number of carbonyl (C=O) groups excluding carboxylic acids is 1. The zero-order valence-corrected chi connectivity index (χ0v) is 18.1. The standard InChI is InChI=1S/C21H31N3O2S2/c25-20(6-2-1-4-18-8-11-27-28-18)22-9-10-23-13-16-12-17(15-23)19-5-3-7-21(26)24(19)14-16/h3,5,7,16-18H,1-2,4,6,8-15H2,(H,22,25)/t16-,17+,18+/m1/s1. The van der Waals surface area contributed by atoms with Crippen LogP contribution in [0.25, 0.3) is 0 Å². The zero-order valence-electron chi connectivity index (χ0n) is 16.5. The third-order valence-corrected chi connectivity index (χ3v) is 9.22. The Morgan fingerprint density at radius 2 is 2.14 bits per heavy atom. The number of nitrogens with zero attached hydrogens (tertiary/aromatic N) is 2. The summed E-state index contributed by atoms with van der Waals surface area (Å²) < 4.78 is 1.97. The maximum absolute atomic E-state index is 12.1. The summed E-state index contributed by atoms with van der Waals surface area (Å²) in [4.78, 5) is 26.7. The summed E-state index contributed by atoms with van der Waals surface area (Å²) in [5.74, 6) is 2.48. The number of carbonyl (C=O) groups is 1. The highest BCUT2D eigenvalue weighted by atomic mass is 33.1. The predicted octanol–water partition coefficient (Wildman–Crippen LogP) is 3.10. The van der Waals surface area contributed by atoms with Crippen molar-refractivity contribution in [3.8, 4) is 0 Å². The lowest BCUT2D eigenvalue weighted by atomic mass is 9.83. The van der Waals surface area contributed by atoms with Gasteiger partial charge < -0.3 is 14.8 Å². The number of pyridine rings is 1. The SMILES string of the molecule is O=C(CCCC[C@H]1CCSS1)NCCN1C[C@H]2C[C@@H](C1)c1cccc(=O)n1C2. The molecule has 1 N–H and O–H groups in total. The van der Waals surface area contributed by atoms with Crippen LogP contribution in [0.4, 0.5) is 0 Å². The Kier molecular flexibility index (Phi) is 7.07. The van der Waals surface area contributed by atoms with Gasteiger partial charge in [-0.25, -0.2) is 0 Å². The zero-order chi connectivity index (χ0) is 19.3. The monoisotopic (exact) mass is 421 g/mol. The summed E-state index contributed by atoms with van der Waals surface area (Å²) in [6.07, 6.45) is 6.60. The lowest BCUT2D eigenvalue weighted by Crippen LogP contribution is -2.48. The molecule has 0 unspecified atom stereocenters. The number of hydrogen-bond acceptors (Lipinski definition) is 5. The normalized spacial score (nSPS) is 26.8. The molecule has 2 bridgehead atoms. The molecule has 0 saturated carbocycles. The first-order valence-corrected chi connectivity index (χ1v) is 13.0. The molecule has 28 heavy (non-hydrogen) atoms. The van der Waals surface area contributed by atoms with Crippen molar-refractivity contribution in [1.29, 1.82) is 0 Å². The van der Waals surface area contributed by atoms with E-state index in [1.165, 1.54) is 37.1 Å². The van der Waals surface area contributed by atoms with Crippen LogP contribution >= 0.6 is 21.6 Å². The van der Waals surface area contributed by atoms with Crippen LogP contribution in [0.1, 0.15) is 50.1 Å². The van der Waals surface area contributed by atoms with Gasteiger partial charge >= 0.3 is 0 Å². The Balaban J connectivity index is 1.15. The molecule has 0 radical (unpaired) electrons. The Labute approximate surface area is 175 Å². The number of likely N-dealkylation sites (tertiary alicyclic amines) is 1. The van der Waals surface area contributed by atoms with E-state index in [4.69, 9.17) is 0 Å². The van der Waals surface area contributed by atoms with Crippen LogP contribution in [0.5, 0.6) is 0 Å². The maximum Gasteiger partial charge on any atom is 0.250 e. The summed E-state index contributed by atoms with van der Waals surface area (Å²) in [5.41, 5.74) is 1.33. The van der Waals surface area contributed by atoms with Gasteiger partial charge in [-0.15, -0.1) is 0 Å². The second-order valence-electron chi connectivity index (χ2n) is 8.38. The summed E-state index contributed by atoms with van der Waals surface area (Å²) in [6.45, 7) is 4.50. The summed E-state index contributed by atoms with van der Waals surface area (Å²) in [7, 11) is 4.02. The van der Waals surface area contributed by atoms with Crippen molar-refractivity contribution in [2.45, 2.75) is 56.2 Å². The van der Waals surface area contributed by atoms with Gasteiger partial charge in [0.1, 0.15) is 0 Å². The highest BCUT2D eigenvalue weighted by Crippen LogP contribution is 2.40. The summed E-state index contributed by atoms with van der Waals surface area (Å²) in [5, 5.41) is 3.92. The largest absolute Gasteiger partial charge is 0.355 e. The van der Waals surface area contributed by atoms with Crippen molar-refractivity contribution in [3.63, 3.8) is 0 Å². The molecule has 0 spiro atoms. The molecule has 4 heterocycles. The first-order valence-electron chi connectivity index (χ1n) is 10.7. The van der Waals surface area contributed by atoms with Crippen molar-refractivity contribution in [2.75, 3.05) is 31.9 Å². The van der Waals surface area contributed by atoms with Gasteiger partial charge in [-0.3, -0.25) is 9.59 Å². The number of piperidine rings is 1. The number of fused-ring (bicyclic) bond motifs is 4. The molecule has 5 nitrogen and oxygen atoms in total. The highest BCUT2D eigenvalue weighted by molar-refractivity contribution is 8.77. The van der Waals surface area contributed by atoms with Crippen LogP contribution in [0.3, 0.4) is 0 Å². The molecule has 4 rings (SSSR count). The fourth-order valence-corrected chi connectivity index (χ4v) is 7.87. The Morgan fingerprint density at radius 3 is 3.00 bits per heavy atom. The Bertz CT molecular complexity index is 733. The van der Waals surface area contributed by atoms with Gasteiger partial charge in [0, 0.05) is 67.8 Å². The topological polar surface area (TPSA) is 54.3 Å². The number of aromatic nitrogens is 1. The lowest BCUT2D eigenvalue weighted by Gasteiger charge is -2.42. The molecule has 2 fully saturated rings. The predicted molar refractivity (Wildman–Crippen MR) is 118 cm³/mol. The third-order valence-electron chi connectivity index (χ3n) is 6.21. The van der Waals surface area contributed by atoms with Crippen LogP contribution in [-0.4, -0.2) is 52.6 Å². The van der Waals surface area contributed by atoms with Gasteiger partial charge in [0.25, 0.3) is 5.56 Å². The molecule has 7 heteroatoms. The van der Waals surface area contributed by atoms with Gasteiger partial charge in [-0.1, -0.05) is 34.1 Å². The van der Waals surface area contributed by atoms with Crippen LogP contribution in [-0.2, 0) is 11.3 Å². The van der Waals surface area contributed by atoms with Crippen LogP contribution in [0.15, 0.2) is 23.0 Å². The number of amides is 1. The molecule has 1 amide bonds. The smallest absolute Gasteiger partial charge is 0.250 e. The van der Waals surface area contributed by atoms with E-state index in [1.54, 1.807) is 6.07 Å². The lowest BCUT2D eigenvalue weighted by molar-refractivity contribution is -0.121. The van der Waals surface area contributed by atoms with E-state index in [0.29, 0.717) is 18.3 Å². The molecule has 154 valence electrons. The number of rotatable bonds is 8. The van der Waals surface area contributed by atoms with Gasteiger partial charge in [0.15, 0.2) is 0 Å². The third kappa shape index (κ3) is 5.16. The van der Waals surface area contributed by atoms with E-state index in [1.807, 2.05) is 32.2 Å². The van der Waals surface area contributed by atoms with Crippen molar-refractivity contribution >= 4 is 27.5 Å². The highest BCUT2D eigenvalue weighted by Gasteiger charge is 2.34. The van der Waals surface area contributed by atoms with E-state index < -0.39 is 0 Å². The fourth-order valence-electron chi connectivity index (χ4n) is 4.84. The molecule has 3 atom stereocenters. The van der Waals surface area contributed by atoms with Crippen LogP contribution in [0.2, 0.25) is 0 Å². The van der Waals surface area contributed by atoms with E-state index in [2.05, 4.69) is 16.3 Å². The minimum absolute atomic E-state index is 0.137. The van der Waals surface area contributed by atoms with E-state index in [9.17, 15) is 9.59 Å². The molecule has 3 aliphatic rings. The van der Waals surface area contributed by atoms with Crippen LogP contribution in [0, 0.1) is 5.92 Å². The molecule has 0 aromatic carbocycles. The Hall–Kier alpha value is -0.920. The first kappa shape index (κ1) is 20.4. The van der Waals surface area contributed by atoms with Gasteiger partial charge in [-0.05, 0) is 37.7 Å². The quantitative estimate of drug-likeness (QED) is 0.516. The van der Waals surface area contributed by atoms with Crippen LogP contribution < -0.4 is 10.9 Å². The van der Waals surface area contributed by atoms with E-state index >= 15 is 0 Å². The summed E-state index contributed by atoms with van der Waals surface area (Å²) >= 11 is 0. The maximum atomic E-state index is 12.1. The van der Waals surface area contributed by atoms with Gasteiger partial charge in [0.05, 0.1) is 0 Å². The fraction of sp³-hybridized carbons (Fsp3) is 0.714. The van der Waals surface area contributed by atoms with Crippen molar-refractivity contribution in [2.24, 2.45) is 5.92 Å². The molecule has 1 aromatic rings. The molecular formula is C21H31N3O2S2. The molecule has 0 aliphatic carbocycles. The summed E-state index contributed by atoms with van der Waals surface area (Å²) in [6, 6.07) is 5.66. The second-order valence-corrected chi connectivity index (χ2v) is 11.2. The van der Waals surface area contributed by atoms with Crippen molar-refractivity contribution in [1.82, 2.24) is 14.8 Å². The number of unbranched alkanes of at least 4 members (excludes halogenated alkanes) is 1. The van der Waals surface area contributed by atoms with E-state index in [-0.39, 0.29) is 11.5 Å². The van der Waals surface area contributed by atoms with Gasteiger partial charge in [0.2, 0.25) is 5.91 Å². The van der Waals surface area contributed by atoms with Crippen molar-refractivity contribution < 1.29 is 4.79 Å². The number of nitrogens with one attached hydrogen (secondary N) is 1. The second kappa shape index (κ2) is 9.72. The molecule has 3 aliphatic heterocycles. The Morgan fingerprint density at radius 1 is 1.21 bits per heavy atom. The average molecular weight is 422 g/mol. The average Bonchev–Trinajstić information content (AvgIpc) is 3.20. The van der Waals surface area contributed by atoms with Crippen molar-refractivity contribution in [3.05, 3.63) is 34.2 Å². The molecule has 1 aromatic heterocycles. The van der Waals surface area contributed by atoms with Gasteiger partial charge in [-0.2, -0.15) is 0 Å². The van der Waals surface area contributed by atoms with E-state index in [0.717, 1.165) is 44.4 Å². The minimum Gasteiger partial charge on any atom is -0.355 e. The minimum atomic E-state index is 0.137. The molecular weight excluding hydrogens is 390 g/mol. The molecule has 2 saturated heterocycles. The first-order chi connectivity index (χ1) is 13.7.